The Kier molecular flexibility index (Phi) is 3.62. The van der Waals surface area contributed by atoms with E-state index in [1.165, 1.54) is 0 Å². The topological polar surface area (TPSA) is 72.2 Å². The van der Waals surface area contributed by atoms with E-state index in [1.54, 1.807) is 24.3 Å². The van der Waals surface area contributed by atoms with Gasteiger partial charge in [0.1, 0.15) is 5.41 Å². The Hall–Kier alpha value is -2.33. The summed E-state index contributed by atoms with van der Waals surface area (Å²) >= 11 is 5.88. The summed E-state index contributed by atoms with van der Waals surface area (Å²) in [4.78, 5) is 24.7. The number of anilines is 1. The first-order valence-electron chi connectivity index (χ1n) is 6.95. The fraction of sp³-hybridized carbons (Fsp3) is 0.176. The largest absolute Gasteiger partial charge is 0.369 e. The van der Waals surface area contributed by atoms with E-state index in [1.807, 2.05) is 24.3 Å². The van der Waals surface area contributed by atoms with Crippen molar-refractivity contribution in [2.45, 2.75) is 12.8 Å². The van der Waals surface area contributed by atoms with E-state index in [2.05, 4.69) is 5.32 Å². The highest BCUT2D eigenvalue weighted by molar-refractivity contribution is 6.30. The molecule has 22 heavy (non-hydrogen) atoms. The van der Waals surface area contributed by atoms with E-state index < -0.39 is 11.3 Å². The number of benzene rings is 2. The standard InChI is InChI=1S/C17H15ClN2O2/c18-13-7-5-11(6-8-13)9-17(15(19)21)10-12-3-1-2-4-14(12)20-16(17)22/h1-8H,9-10H2,(H2,19,21)(H,20,22). The Morgan fingerprint density at radius 2 is 1.86 bits per heavy atom. The molecule has 4 nitrogen and oxygen atoms in total. The number of carbonyl (C=O) groups is 2. The summed E-state index contributed by atoms with van der Waals surface area (Å²) in [5, 5.41) is 3.40. The van der Waals surface area contributed by atoms with Gasteiger partial charge in [0.05, 0.1) is 0 Å². The lowest BCUT2D eigenvalue weighted by Gasteiger charge is -2.34. The fourth-order valence-electron chi connectivity index (χ4n) is 2.82. The second-order valence-electron chi connectivity index (χ2n) is 5.54. The number of rotatable bonds is 3. The summed E-state index contributed by atoms with van der Waals surface area (Å²) in [5.74, 6) is -0.969. The highest BCUT2D eigenvalue weighted by Crippen LogP contribution is 2.36. The zero-order valence-corrected chi connectivity index (χ0v) is 12.6. The summed E-state index contributed by atoms with van der Waals surface area (Å²) < 4.78 is 0. The van der Waals surface area contributed by atoms with Gasteiger partial charge in [-0.05, 0) is 42.2 Å². The molecular weight excluding hydrogens is 300 g/mol. The smallest absolute Gasteiger partial charge is 0.240 e. The molecular formula is C17H15ClN2O2. The molecule has 0 aromatic heterocycles. The van der Waals surface area contributed by atoms with Crippen molar-refractivity contribution in [2.75, 3.05) is 5.32 Å². The Morgan fingerprint density at radius 3 is 2.55 bits per heavy atom. The van der Waals surface area contributed by atoms with Crippen LogP contribution in [0.5, 0.6) is 0 Å². The average Bonchev–Trinajstić information content (AvgIpc) is 2.50. The molecule has 112 valence electrons. The molecule has 3 N–H and O–H groups in total. The monoisotopic (exact) mass is 314 g/mol. The predicted octanol–water partition coefficient (Wildman–Crippen LogP) is 2.55. The zero-order valence-electron chi connectivity index (χ0n) is 11.8. The fourth-order valence-corrected chi connectivity index (χ4v) is 2.95. The van der Waals surface area contributed by atoms with Crippen molar-refractivity contribution < 1.29 is 9.59 Å². The molecule has 1 atom stereocenters. The van der Waals surface area contributed by atoms with Crippen molar-refractivity contribution in [3.63, 3.8) is 0 Å². The molecule has 3 rings (SSSR count). The molecule has 0 saturated carbocycles. The van der Waals surface area contributed by atoms with Crippen LogP contribution in [0.4, 0.5) is 5.69 Å². The molecule has 1 aliphatic rings. The highest BCUT2D eigenvalue weighted by Gasteiger charge is 2.47. The molecule has 0 spiro atoms. The molecule has 2 amide bonds. The number of hydrogen-bond donors (Lipinski definition) is 2. The highest BCUT2D eigenvalue weighted by atomic mass is 35.5. The maximum absolute atomic E-state index is 12.6. The molecule has 1 heterocycles. The van der Waals surface area contributed by atoms with Gasteiger partial charge in [-0.3, -0.25) is 9.59 Å². The van der Waals surface area contributed by atoms with Crippen LogP contribution in [-0.2, 0) is 22.4 Å². The minimum Gasteiger partial charge on any atom is -0.369 e. The van der Waals surface area contributed by atoms with Gasteiger partial charge in [0.2, 0.25) is 11.8 Å². The van der Waals surface area contributed by atoms with Crippen LogP contribution >= 0.6 is 11.6 Å². The average molecular weight is 315 g/mol. The van der Waals surface area contributed by atoms with Crippen LogP contribution in [0.25, 0.3) is 0 Å². The van der Waals surface area contributed by atoms with Gasteiger partial charge in [0.25, 0.3) is 0 Å². The van der Waals surface area contributed by atoms with E-state index in [4.69, 9.17) is 17.3 Å². The van der Waals surface area contributed by atoms with Gasteiger partial charge in [-0.1, -0.05) is 41.9 Å². The molecule has 0 aliphatic carbocycles. The van der Waals surface area contributed by atoms with Crippen LogP contribution in [-0.4, -0.2) is 11.8 Å². The van der Waals surface area contributed by atoms with E-state index in [0.29, 0.717) is 11.4 Å². The van der Waals surface area contributed by atoms with Crippen molar-refractivity contribution in [1.82, 2.24) is 0 Å². The maximum Gasteiger partial charge on any atom is 0.240 e. The first-order valence-corrected chi connectivity index (χ1v) is 7.33. The molecule has 1 aliphatic heterocycles. The van der Waals surface area contributed by atoms with Crippen LogP contribution in [0, 0.1) is 5.41 Å². The number of amides is 2. The number of nitrogens with one attached hydrogen (secondary N) is 1. The lowest BCUT2D eigenvalue weighted by Crippen LogP contribution is -2.52. The second kappa shape index (κ2) is 5.46. The Bertz CT molecular complexity index is 743. The minimum absolute atomic E-state index is 0.250. The molecule has 5 heteroatoms. The van der Waals surface area contributed by atoms with Crippen LogP contribution in [0.3, 0.4) is 0 Å². The van der Waals surface area contributed by atoms with E-state index in [-0.39, 0.29) is 12.3 Å². The quantitative estimate of drug-likeness (QED) is 0.855. The third-order valence-electron chi connectivity index (χ3n) is 4.08. The number of para-hydroxylation sites is 1. The van der Waals surface area contributed by atoms with Gasteiger partial charge in [-0.15, -0.1) is 0 Å². The molecule has 0 saturated heterocycles. The maximum atomic E-state index is 12.6. The number of fused-ring (bicyclic) bond motifs is 1. The number of carbonyl (C=O) groups excluding carboxylic acids is 2. The number of hydrogen-bond acceptors (Lipinski definition) is 2. The summed E-state index contributed by atoms with van der Waals surface area (Å²) in [6.45, 7) is 0. The van der Waals surface area contributed by atoms with E-state index in [9.17, 15) is 9.59 Å². The third kappa shape index (κ3) is 2.46. The molecule has 0 bridgehead atoms. The third-order valence-corrected chi connectivity index (χ3v) is 4.34. The van der Waals surface area contributed by atoms with Gasteiger partial charge in [-0.25, -0.2) is 0 Å². The zero-order chi connectivity index (χ0) is 15.7. The summed E-state index contributed by atoms with van der Waals surface area (Å²) in [5.41, 5.74) is 6.82. The number of nitrogens with two attached hydrogens (primary N) is 1. The SMILES string of the molecule is NC(=O)C1(Cc2ccc(Cl)cc2)Cc2ccccc2NC1=O. The predicted molar refractivity (Wildman–Crippen MR) is 85.6 cm³/mol. The Morgan fingerprint density at radius 1 is 1.18 bits per heavy atom. The van der Waals surface area contributed by atoms with Crippen LogP contribution in [0.15, 0.2) is 48.5 Å². The summed E-state index contributed by atoms with van der Waals surface area (Å²) in [6.07, 6.45) is 0.548. The second-order valence-corrected chi connectivity index (χ2v) is 5.97. The van der Waals surface area contributed by atoms with E-state index >= 15 is 0 Å². The van der Waals surface area contributed by atoms with Crippen LogP contribution in [0.2, 0.25) is 5.02 Å². The van der Waals surface area contributed by atoms with Crippen molar-refractivity contribution in [3.05, 3.63) is 64.7 Å². The Balaban J connectivity index is 2.00. The van der Waals surface area contributed by atoms with Crippen LogP contribution < -0.4 is 11.1 Å². The van der Waals surface area contributed by atoms with Gasteiger partial charge in [0, 0.05) is 10.7 Å². The normalized spacial score (nSPS) is 20.1. The Labute approximate surface area is 133 Å². The lowest BCUT2D eigenvalue weighted by molar-refractivity contribution is -0.138. The van der Waals surface area contributed by atoms with Gasteiger partial charge < -0.3 is 11.1 Å². The minimum atomic E-state index is -1.28. The molecule has 2 aromatic carbocycles. The van der Waals surface area contributed by atoms with Crippen molar-refractivity contribution in [1.29, 1.82) is 0 Å². The summed E-state index contributed by atoms with van der Waals surface area (Å²) in [7, 11) is 0. The van der Waals surface area contributed by atoms with Gasteiger partial charge in [0.15, 0.2) is 0 Å². The molecule has 2 aromatic rings. The van der Waals surface area contributed by atoms with E-state index in [0.717, 1.165) is 16.8 Å². The van der Waals surface area contributed by atoms with Gasteiger partial charge in [-0.2, -0.15) is 0 Å². The van der Waals surface area contributed by atoms with Crippen LogP contribution in [0.1, 0.15) is 11.1 Å². The van der Waals surface area contributed by atoms with Gasteiger partial charge >= 0.3 is 0 Å². The van der Waals surface area contributed by atoms with Crippen molar-refractivity contribution in [3.8, 4) is 0 Å². The first-order chi connectivity index (χ1) is 10.5. The lowest BCUT2D eigenvalue weighted by atomic mass is 9.72. The molecule has 0 fully saturated rings. The number of halogens is 1. The van der Waals surface area contributed by atoms with Crippen molar-refractivity contribution in [2.24, 2.45) is 11.1 Å². The molecule has 1 unspecified atom stereocenters. The summed E-state index contributed by atoms with van der Waals surface area (Å²) in [6, 6.07) is 14.5. The molecule has 0 radical (unpaired) electrons. The van der Waals surface area contributed by atoms with Crippen molar-refractivity contribution >= 4 is 29.1 Å². The number of primary amides is 1. The first kappa shape index (κ1) is 14.6.